The van der Waals surface area contributed by atoms with Gasteiger partial charge in [-0.1, -0.05) is 26.0 Å². The predicted octanol–water partition coefficient (Wildman–Crippen LogP) is 3.52. The van der Waals surface area contributed by atoms with Gasteiger partial charge in [-0.25, -0.2) is 4.98 Å². The van der Waals surface area contributed by atoms with Gasteiger partial charge in [-0.15, -0.1) is 0 Å². The first-order chi connectivity index (χ1) is 23.6. The van der Waals surface area contributed by atoms with Crippen molar-refractivity contribution >= 4 is 58.0 Å². The summed E-state index contributed by atoms with van der Waals surface area (Å²) in [5.41, 5.74) is 3.40. The number of aromatic nitrogens is 2. The summed E-state index contributed by atoms with van der Waals surface area (Å²) in [4.78, 5) is 75.4. The van der Waals surface area contributed by atoms with Gasteiger partial charge >= 0.3 is 0 Å². The lowest BCUT2D eigenvalue weighted by Crippen LogP contribution is -2.54. The van der Waals surface area contributed by atoms with Crippen LogP contribution in [0.15, 0.2) is 54.9 Å². The van der Waals surface area contributed by atoms with Crippen LogP contribution < -0.4 is 16.0 Å². The highest BCUT2D eigenvalue weighted by Gasteiger charge is 2.44. The first-order valence-electron chi connectivity index (χ1n) is 16.6. The van der Waals surface area contributed by atoms with Crippen LogP contribution in [0.2, 0.25) is 0 Å². The van der Waals surface area contributed by atoms with Gasteiger partial charge in [0.25, 0.3) is 11.8 Å². The van der Waals surface area contributed by atoms with Crippen molar-refractivity contribution in [1.82, 2.24) is 30.4 Å². The van der Waals surface area contributed by atoms with Crippen LogP contribution in [0.5, 0.6) is 0 Å². The van der Waals surface area contributed by atoms with Crippen LogP contribution in [0.1, 0.15) is 78.8 Å². The molecule has 49 heavy (non-hydrogen) atoms. The second-order valence-corrected chi connectivity index (χ2v) is 13.3. The Bertz CT molecular complexity index is 1860. The molecule has 6 rings (SSSR count). The second-order valence-electron chi connectivity index (χ2n) is 13.3. The molecule has 254 valence electrons. The Kier molecular flexibility index (Phi) is 9.52. The number of para-hydroxylation sites is 2. The van der Waals surface area contributed by atoms with Gasteiger partial charge < -0.3 is 20.9 Å². The molecule has 0 radical (unpaired) electrons. The van der Waals surface area contributed by atoms with E-state index in [0.29, 0.717) is 49.4 Å². The van der Waals surface area contributed by atoms with Crippen molar-refractivity contribution in [3.63, 3.8) is 0 Å². The fraction of sp³-hybridized carbons (Fsp3) is 0.389. The smallest absolute Gasteiger partial charge is 0.262 e. The monoisotopic (exact) mass is 664 g/mol. The number of rotatable bonds is 11. The molecule has 3 aromatic rings. The first-order valence-corrected chi connectivity index (χ1v) is 16.6. The molecule has 13 nitrogen and oxygen atoms in total. The summed E-state index contributed by atoms with van der Waals surface area (Å²) in [5.74, 6) is -2.02. The van der Waals surface area contributed by atoms with Gasteiger partial charge in [-0.3, -0.25) is 39.2 Å². The molecule has 4 heterocycles. The maximum Gasteiger partial charge on any atom is 0.262 e. The Labute approximate surface area is 284 Å². The molecule has 3 aliphatic rings. The minimum atomic E-state index is -1.00. The molecule has 13 heteroatoms. The first kappa shape index (κ1) is 33.4. The van der Waals surface area contributed by atoms with E-state index in [9.17, 15) is 24.0 Å². The molecule has 2 aromatic carbocycles. The van der Waals surface area contributed by atoms with Gasteiger partial charge in [0.2, 0.25) is 17.7 Å². The van der Waals surface area contributed by atoms with Crippen molar-refractivity contribution in [2.75, 3.05) is 25.0 Å². The van der Waals surface area contributed by atoms with Gasteiger partial charge in [-0.05, 0) is 62.4 Å². The van der Waals surface area contributed by atoms with Crippen molar-refractivity contribution in [1.29, 1.82) is 5.41 Å². The summed E-state index contributed by atoms with van der Waals surface area (Å²) >= 11 is 0. The number of fused-ring (bicyclic) bond motifs is 2. The number of hydrogen-bond acceptors (Lipinski definition) is 10. The van der Waals surface area contributed by atoms with E-state index in [4.69, 9.17) is 5.41 Å². The summed E-state index contributed by atoms with van der Waals surface area (Å²) in [6.07, 6.45) is 7.87. The van der Waals surface area contributed by atoms with E-state index in [1.54, 1.807) is 24.4 Å². The molecule has 2 saturated heterocycles. The normalized spacial score (nSPS) is 18.8. The summed E-state index contributed by atoms with van der Waals surface area (Å²) in [7, 11) is 0. The Morgan fingerprint density at radius 2 is 1.76 bits per heavy atom. The lowest BCUT2D eigenvalue weighted by Gasteiger charge is -2.37. The SMILES string of the molecule is CC(C)(CCCNc1ccc2c(c1)C(=O)N(C1CCC(=O)NC1=O)C2=O)C(=O)N1CCC(N/C=C(\C=N)c2cnc3ccccc3n2)CC1. The van der Waals surface area contributed by atoms with Crippen LogP contribution in [0.25, 0.3) is 16.6 Å². The molecule has 1 aromatic heterocycles. The Balaban J connectivity index is 0.962. The minimum Gasteiger partial charge on any atom is -0.387 e. The molecule has 0 aliphatic carbocycles. The third-order valence-corrected chi connectivity index (χ3v) is 9.48. The highest BCUT2D eigenvalue weighted by molar-refractivity contribution is 6.23. The van der Waals surface area contributed by atoms with E-state index in [1.165, 1.54) is 6.21 Å². The molecule has 2 fully saturated rings. The number of piperidine rings is 2. The van der Waals surface area contributed by atoms with Gasteiger partial charge in [0.1, 0.15) is 6.04 Å². The third kappa shape index (κ3) is 7.06. The summed E-state index contributed by atoms with van der Waals surface area (Å²) in [5, 5.41) is 16.8. The third-order valence-electron chi connectivity index (χ3n) is 9.48. The number of amides is 5. The maximum atomic E-state index is 13.5. The minimum absolute atomic E-state index is 0.0687. The zero-order valence-corrected chi connectivity index (χ0v) is 27.6. The van der Waals surface area contributed by atoms with Gasteiger partial charge in [0.05, 0.1) is 34.1 Å². The summed E-state index contributed by atoms with van der Waals surface area (Å²) in [6, 6.07) is 11.7. The maximum absolute atomic E-state index is 13.5. The average Bonchev–Trinajstić information content (AvgIpc) is 3.35. The number of carbonyl (C=O) groups excluding carboxylic acids is 5. The summed E-state index contributed by atoms with van der Waals surface area (Å²) < 4.78 is 0. The van der Waals surface area contributed by atoms with E-state index in [2.05, 4.69) is 25.9 Å². The fourth-order valence-corrected chi connectivity index (χ4v) is 6.62. The van der Waals surface area contributed by atoms with Gasteiger partial charge in [0, 0.05) is 61.2 Å². The van der Waals surface area contributed by atoms with E-state index >= 15 is 0 Å². The Morgan fingerprint density at radius 1 is 1.02 bits per heavy atom. The summed E-state index contributed by atoms with van der Waals surface area (Å²) in [6.45, 7) is 5.77. The Morgan fingerprint density at radius 3 is 2.49 bits per heavy atom. The van der Waals surface area contributed by atoms with Crippen LogP contribution in [0.3, 0.4) is 0 Å². The molecule has 0 bridgehead atoms. The highest BCUT2D eigenvalue weighted by Crippen LogP contribution is 2.31. The number of nitrogens with zero attached hydrogens (tertiary/aromatic N) is 4. The van der Waals surface area contributed by atoms with Crippen LogP contribution in [-0.4, -0.2) is 87.2 Å². The second kappa shape index (κ2) is 14.0. The fourth-order valence-electron chi connectivity index (χ4n) is 6.62. The van der Waals surface area contributed by atoms with Crippen LogP contribution in [-0.2, 0) is 14.4 Å². The number of hydrogen-bond donors (Lipinski definition) is 4. The van der Waals surface area contributed by atoms with E-state index in [1.807, 2.05) is 49.2 Å². The number of allylic oxidation sites excluding steroid dienone is 1. The quantitative estimate of drug-likeness (QED) is 0.136. The van der Waals surface area contributed by atoms with Crippen molar-refractivity contribution in [3.8, 4) is 0 Å². The number of nitrogens with one attached hydrogen (secondary N) is 4. The number of imide groups is 2. The molecular weight excluding hydrogens is 624 g/mol. The molecule has 0 saturated carbocycles. The zero-order valence-electron chi connectivity index (χ0n) is 27.6. The molecular formula is C36H40N8O5. The number of anilines is 1. The van der Waals surface area contributed by atoms with Crippen molar-refractivity contribution in [2.45, 2.75) is 64.5 Å². The molecule has 3 aliphatic heterocycles. The van der Waals surface area contributed by atoms with Crippen LogP contribution in [0, 0.1) is 10.8 Å². The predicted molar refractivity (Wildman–Crippen MR) is 184 cm³/mol. The molecule has 4 N–H and O–H groups in total. The molecule has 1 atom stereocenters. The van der Waals surface area contributed by atoms with Crippen molar-refractivity contribution in [2.24, 2.45) is 5.41 Å². The molecule has 5 amide bonds. The average molecular weight is 665 g/mol. The van der Waals surface area contributed by atoms with Gasteiger partial charge in [0.15, 0.2) is 0 Å². The number of benzene rings is 2. The lowest BCUT2D eigenvalue weighted by molar-refractivity contribution is -0.142. The molecule has 0 spiro atoms. The van der Waals surface area contributed by atoms with Crippen LogP contribution in [0.4, 0.5) is 5.69 Å². The largest absolute Gasteiger partial charge is 0.387 e. The molecule has 1 unspecified atom stereocenters. The van der Waals surface area contributed by atoms with Gasteiger partial charge in [-0.2, -0.15) is 0 Å². The van der Waals surface area contributed by atoms with Crippen molar-refractivity contribution in [3.05, 3.63) is 71.7 Å². The Hall–Kier alpha value is -5.46. The number of likely N-dealkylation sites (tertiary alicyclic amines) is 1. The highest BCUT2D eigenvalue weighted by atomic mass is 16.2. The topological polar surface area (TPSA) is 178 Å². The zero-order chi connectivity index (χ0) is 34.7. The van der Waals surface area contributed by atoms with E-state index in [0.717, 1.165) is 28.8 Å². The van der Waals surface area contributed by atoms with Crippen molar-refractivity contribution < 1.29 is 24.0 Å². The van der Waals surface area contributed by atoms with Crippen LogP contribution >= 0.6 is 0 Å². The lowest BCUT2D eigenvalue weighted by atomic mass is 9.85. The van der Waals surface area contributed by atoms with E-state index < -0.39 is 35.1 Å². The standard InChI is InChI=1S/C36H40N8O5/c1-36(2,14-5-15-38-24-8-9-25-26(18-24)34(48)44(33(25)47)30-10-11-31(45)42-32(30)46)35(49)43-16-12-23(13-17-43)39-20-22(19-37)29-21-40-27-6-3-4-7-28(27)41-29/h3-4,6-9,18-21,23,30,37-39H,5,10-17H2,1-2H3,(H,42,45,46)/b22-20+,37-19?. The van der Waals surface area contributed by atoms with E-state index in [-0.39, 0.29) is 35.9 Å². The number of carbonyl (C=O) groups is 5.